The van der Waals surface area contributed by atoms with Gasteiger partial charge in [-0.2, -0.15) is 0 Å². The molecule has 1 saturated heterocycles. The van der Waals surface area contributed by atoms with Crippen LogP contribution in [0.5, 0.6) is 0 Å². The highest BCUT2D eigenvalue weighted by Crippen LogP contribution is 2.22. The first-order chi connectivity index (χ1) is 8.00. The van der Waals surface area contributed by atoms with Crippen molar-refractivity contribution in [3.63, 3.8) is 0 Å². The smallest absolute Gasteiger partial charge is 0.408 e. The van der Waals surface area contributed by atoms with Crippen LogP contribution in [-0.2, 0) is 19.4 Å². The number of hydrogen-bond acceptors (Lipinski definition) is 5. The summed E-state index contributed by atoms with van der Waals surface area (Å²) in [5.74, 6) is -2.31. The highest BCUT2D eigenvalue weighted by atomic mass is 32.2. The summed E-state index contributed by atoms with van der Waals surface area (Å²) < 4.78 is 26.9. The molecule has 1 aliphatic rings. The van der Waals surface area contributed by atoms with Gasteiger partial charge < -0.3 is 15.2 Å². The van der Waals surface area contributed by atoms with Gasteiger partial charge in [0.25, 0.3) is 0 Å². The van der Waals surface area contributed by atoms with Crippen molar-refractivity contribution in [3.8, 4) is 0 Å². The number of carboxylic acid groups (broad SMARTS) is 1. The van der Waals surface area contributed by atoms with E-state index in [1.165, 1.54) is 0 Å². The second-order valence-corrected chi connectivity index (χ2v) is 7.45. The second-order valence-electron chi connectivity index (χ2n) is 5.30. The van der Waals surface area contributed by atoms with Gasteiger partial charge in [-0.05, 0) is 20.8 Å². The molecule has 0 aromatic carbocycles. The number of alkyl carbamates (subject to hydrolysis) is 1. The Bertz CT molecular complexity index is 437. The maximum Gasteiger partial charge on any atom is 0.408 e. The molecule has 8 heteroatoms. The summed E-state index contributed by atoms with van der Waals surface area (Å²) in [4.78, 5) is 22.4. The predicted molar refractivity (Wildman–Crippen MR) is 62.9 cm³/mol. The molecule has 1 atom stereocenters. The predicted octanol–water partition coefficient (Wildman–Crippen LogP) is 0.00890. The van der Waals surface area contributed by atoms with Gasteiger partial charge in [0.1, 0.15) is 11.6 Å². The molecular formula is C10H17NO6S. The third-order valence-electron chi connectivity index (χ3n) is 2.35. The summed E-state index contributed by atoms with van der Waals surface area (Å²) in [6.45, 7) is 4.95. The average Bonchev–Trinajstić information content (AvgIpc) is 2.06. The van der Waals surface area contributed by atoms with Gasteiger partial charge >= 0.3 is 12.1 Å². The monoisotopic (exact) mass is 279 g/mol. The zero-order chi connectivity index (χ0) is 14.1. The van der Waals surface area contributed by atoms with Crippen molar-refractivity contribution in [1.82, 2.24) is 5.32 Å². The van der Waals surface area contributed by atoms with Crippen molar-refractivity contribution < 1.29 is 27.9 Å². The number of carboxylic acids is 1. The van der Waals surface area contributed by atoms with E-state index >= 15 is 0 Å². The fourth-order valence-electron chi connectivity index (χ4n) is 1.61. The number of nitrogens with one attached hydrogen (secondary N) is 1. The first-order valence-corrected chi connectivity index (χ1v) is 7.25. The van der Waals surface area contributed by atoms with Crippen LogP contribution in [0.1, 0.15) is 20.8 Å². The summed E-state index contributed by atoms with van der Waals surface area (Å²) >= 11 is 0. The molecule has 0 radical (unpaired) electrons. The van der Waals surface area contributed by atoms with Crippen LogP contribution in [-0.4, -0.2) is 48.7 Å². The minimum Gasteiger partial charge on any atom is -0.480 e. The summed E-state index contributed by atoms with van der Waals surface area (Å²) in [6, 6.07) is -1.23. The third kappa shape index (κ3) is 4.17. The Morgan fingerprint density at radius 1 is 1.33 bits per heavy atom. The van der Waals surface area contributed by atoms with Crippen LogP contribution in [0.2, 0.25) is 0 Å². The van der Waals surface area contributed by atoms with Crippen molar-refractivity contribution in [2.75, 3.05) is 11.5 Å². The molecule has 0 aromatic rings. The van der Waals surface area contributed by atoms with Crippen LogP contribution in [0.4, 0.5) is 4.79 Å². The largest absolute Gasteiger partial charge is 0.480 e. The summed E-state index contributed by atoms with van der Waals surface area (Å²) in [7, 11) is -3.14. The normalized spacial score (nSPS) is 20.6. The van der Waals surface area contributed by atoms with Gasteiger partial charge in [0, 0.05) is 5.92 Å². The lowest BCUT2D eigenvalue weighted by atomic mass is 10.0. The molecule has 7 nitrogen and oxygen atoms in total. The van der Waals surface area contributed by atoms with Crippen molar-refractivity contribution in [1.29, 1.82) is 0 Å². The van der Waals surface area contributed by atoms with E-state index in [0.29, 0.717) is 0 Å². The molecule has 0 aromatic heterocycles. The van der Waals surface area contributed by atoms with Crippen LogP contribution in [0.3, 0.4) is 0 Å². The molecule has 1 amide bonds. The SMILES string of the molecule is CC(C)(C)OC(=O)N[C@@H](C(=O)O)C1CS(=O)(=O)C1. The van der Waals surface area contributed by atoms with E-state index in [1.807, 2.05) is 0 Å². The van der Waals surface area contributed by atoms with Crippen molar-refractivity contribution in [2.24, 2.45) is 5.92 Å². The first-order valence-electron chi connectivity index (χ1n) is 5.43. The molecular weight excluding hydrogens is 262 g/mol. The third-order valence-corrected chi connectivity index (χ3v) is 4.22. The van der Waals surface area contributed by atoms with Crippen LogP contribution in [0, 0.1) is 5.92 Å². The lowest BCUT2D eigenvalue weighted by Crippen LogP contribution is -2.55. The van der Waals surface area contributed by atoms with E-state index in [2.05, 4.69) is 5.32 Å². The van der Waals surface area contributed by atoms with Crippen molar-refractivity contribution >= 4 is 21.9 Å². The van der Waals surface area contributed by atoms with Gasteiger partial charge in [0.15, 0.2) is 9.84 Å². The molecule has 1 fully saturated rings. The van der Waals surface area contributed by atoms with Gasteiger partial charge in [-0.3, -0.25) is 0 Å². The van der Waals surface area contributed by atoms with Crippen LogP contribution in [0.15, 0.2) is 0 Å². The van der Waals surface area contributed by atoms with Gasteiger partial charge in [-0.25, -0.2) is 18.0 Å². The molecule has 0 spiro atoms. The molecule has 0 bridgehead atoms. The standard InChI is InChI=1S/C10H17NO6S/c1-10(2,3)17-9(14)11-7(8(12)13)6-4-18(15,16)5-6/h6-7H,4-5H2,1-3H3,(H,11,14)(H,12,13)/t7-/m1/s1. The number of ether oxygens (including phenoxy) is 1. The minimum atomic E-state index is -3.14. The van der Waals surface area contributed by atoms with E-state index in [4.69, 9.17) is 9.84 Å². The first kappa shape index (κ1) is 14.7. The number of amides is 1. The van der Waals surface area contributed by atoms with Gasteiger partial charge in [0.05, 0.1) is 11.5 Å². The Balaban J connectivity index is 2.60. The molecule has 2 N–H and O–H groups in total. The van der Waals surface area contributed by atoms with E-state index in [-0.39, 0.29) is 11.5 Å². The number of carbonyl (C=O) groups is 2. The molecule has 1 rings (SSSR count). The summed E-state index contributed by atoms with van der Waals surface area (Å²) in [5, 5.41) is 11.1. The van der Waals surface area contributed by atoms with Gasteiger partial charge in [-0.1, -0.05) is 0 Å². The zero-order valence-corrected chi connectivity index (χ0v) is 11.3. The van der Waals surface area contributed by atoms with E-state index in [9.17, 15) is 18.0 Å². The van der Waals surface area contributed by atoms with Crippen LogP contribution < -0.4 is 5.32 Å². The highest BCUT2D eigenvalue weighted by molar-refractivity contribution is 7.92. The Kier molecular flexibility index (Phi) is 3.89. The average molecular weight is 279 g/mol. The van der Waals surface area contributed by atoms with Crippen LogP contribution in [0.25, 0.3) is 0 Å². The topological polar surface area (TPSA) is 110 Å². The zero-order valence-electron chi connectivity index (χ0n) is 10.5. The van der Waals surface area contributed by atoms with E-state index in [1.54, 1.807) is 20.8 Å². The lowest BCUT2D eigenvalue weighted by molar-refractivity contribution is -0.140. The molecule has 0 aliphatic carbocycles. The maximum absolute atomic E-state index is 11.4. The molecule has 18 heavy (non-hydrogen) atoms. The fraction of sp³-hybridized carbons (Fsp3) is 0.800. The van der Waals surface area contributed by atoms with Crippen molar-refractivity contribution in [2.45, 2.75) is 32.4 Å². The number of hydrogen-bond donors (Lipinski definition) is 2. The number of aliphatic carboxylic acids is 1. The quantitative estimate of drug-likeness (QED) is 0.753. The van der Waals surface area contributed by atoms with Crippen LogP contribution >= 0.6 is 0 Å². The molecule has 0 saturated carbocycles. The Labute approximate surface area is 105 Å². The highest BCUT2D eigenvalue weighted by Gasteiger charge is 2.43. The lowest BCUT2D eigenvalue weighted by Gasteiger charge is -2.31. The summed E-state index contributed by atoms with van der Waals surface area (Å²) in [5.41, 5.74) is -0.737. The van der Waals surface area contributed by atoms with E-state index < -0.39 is 39.5 Å². The minimum absolute atomic E-state index is 0.222. The Hall–Kier alpha value is -1.31. The number of carbonyl (C=O) groups excluding carboxylic acids is 1. The fourth-order valence-corrected chi connectivity index (χ4v) is 3.20. The molecule has 1 aliphatic heterocycles. The van der Waals surface area contributed by atoms with E-state index in [0.717, 1.165) is 0 Å². The molecule has 1 heterocycles. The van der Waals surface area contributed by atoms with Gasteiger partial charge in [-0.15, -0.1) is 0 Å². The maximum atomic E-state index is 11.4. The number of rotatable bonds is 3. The second kappa shape index (κ2) is 4.75. The van der Waals surface area contributed by atoms with Gasteiger partial charge in [0.2, 0.25) is 0 Å². The Morgan fingerprint density at radius 2 is 1.83 bits per heavy atom. The Morgan fingerprint density at radius 3 is 2.17 bits per heavy atom. The number of sulfone groups is 1. The molecule has 104 valence electrons. The summed E-state index contributed by atoms with van der Waals surface area (Å²) in [6.07, 6.45) is -0.862. The van der Waals surface area contributed by atoms with Crippen molar-refractivity contribution in [3.05, 3.63) is 0 Å². The molecule has 0 unspecified atom stereocenters.